The molecule has 0 atom stereocenters. The molecule has 3 aromatic rings. The highest BCUT2D eigenvalue weighted by atomic mass is 32.2. The van der Waals surface area contributed by atoms with Gasteiger partial charge in [0.25, 0.3) is 0 Å². The summed E-state index contributed by atoms with van der Waals surface area (Å²) in [6, 6.07) is 15.3. The Morgan fingerprint density at radius 1 is 0.920 bits per heavy atom. The first kappa shape index (κ1) is 17.4. The number of hydrogen-bond acceptors (Lipinski definition) is 3. The van der Waals surface area contributed by atoms with Crippen LogP contribution < -0.4 is 0 Å². The highest BCUT2D eigenvalue weighted by Gasteiger charge is 2.18. The summed E-state index contributed by atoms with van der Waals surface area (Å²) in [5.74, 6) is 0. The predicted octanol–water partition coefficient (Wildman–Crippen LogP) is 4.26. The standard InChI is InChI=1S/C20H22N2O2S/c1-5-22-15(3)19(16-8-6-14(2)7-9-16)20(21-22)17-10-12-18(13-11-17)25(4,23)24/h6-13H,5H2,1-4H3. The van der Waals surface area contributed by atoms with E-state index in [4.69, 9.17) is 5.10 Å². The Hall–Kier alpha value is -2.40. The molecular weight excluding hydrogens is 332 g/mol. The molecule has 2 aromatic carbocycles. The second-order valence-corrected chi connectivity index (χ2v) is 8.30. The molecule has 130 valence electrons. The van der Waals surface area contributed by atoms with Gasteiger partial charge < -0.3 is 0 Å². The van der Waals surface area contributed by atoms with Crippen molar-refractivity contribution < 1.29 is 8.42 Å². The molecule has 1 heterocycles. The van der Waals surface area contributed by atoms with Crippen molar-refractivity contribution in [3.05, 3.63) is 59.8 Å². The minimum absolute atomic E-state index is 0.319. The van der Waals surface area contributed by atoms with Gasteiger partial charge in [0.1, 0.15) is 5.69 Å². The third-order valence-corrected chi connectivity index (χ3v) is 5.53. The van der Waals surface area contributed by atoms with Gasteiger partial charge in [-0.3, -0.25) is 4.68 Å². The molecule has 0 unspecified atom stereocenters. The molecule has 1 aromatic heterocycles. The number of benzene rings is 2. The van der Waals surface area contributed by atoms with E-state index >= 15 is 0 Å². The third kappa shape index (κ3) is 3.37. The topological polar surface area (TPSA) is 52.0 Å². The molecule has 0 aliphatic carbocycles. The molecular formula is C20H22N2O2S. The largest absolute Gasteiger partial charge is 0.269 e. The van der Waals surface area contributed by atoms with E-state index in [1.807, 2.05) is 16.8 Å². The number of nitrogens with zero attached hydrogens (tertiary/aromatic N) is 2. The Morgan fingerprint density at radius 2 is 1.48 bits per heavy atom. The van der Waals surface area contributed by atoms with Crippen LogP contribution in [0.15, 0.2) is 53.4 Å². The fraction of sp³-hybridized carbons (Fsp3) is 0.250. The highest BCUT2D eigenvalue weighted by molar-refractivity contribution is 7.90. The first-order valence-corrected chi connectivity index (χ1v) is 10.2. The molecule has 0 radical (unpaired) electrons. The highest BCUT2D eigenvalue weighted by Crippen LogP contribution is 2.34. The Labute approximate surface area is 149 Å². The van der Waals surface area contributed by atoms with Gasteiger partial charge in [0.05, 0.1) is 4.90 Å². The van der Waals surface area contributed by atoms with E-state index in [0.29, 0.717) is 4.90 Å². The van der Waals surface area contributed by atoms with Crippen LogP contribution in [0.25, 0.3) is 22.4 Å². The van der Waals surface area contributed by atoms with Crippen LogP contribution in [0.1, 0.15) is 18.2 Å². The first-order chi connectivity index (χ1) is 11.8. The molecule has 0 fully saturated rings. The lowest BCUT2D eigenvalue weighted by atomic mass is 9.98. The van der Waals surface area contributed by atoms with Crippen molar-refractivity contribution in [3.8, 4) is 22.4 Å². The smallest absolute Gasteiger partial charge is 0.175 e. The zero-order valence-electron chi connectivity index (χ0n) is 14.9. The van der Waals surface area contributed by atoms with Gasteiger partial charge in [-0.05, 0) is 38.5 Å². The van der Waals surface area contributed by atoms with Gasteiger partial charge in [-0.1, -0.05) is 42.0 Å². The van der Waals surface area contributed by atoms with Crippen LogP contribution in [0.4, 0.5) is 0 Å². The summed E-state index contributed by atoms with van der Waals surface area (Å²) in [5.41, 5.74) is 6.32. The van der Waals surface area contributed by atoms with Gasteiger partial charge in [-0.2, -0.15) is 5.10 Å². The Bertz CT molecular complexity index is 999. The maximum atomic E-state index is 11.7. The quantitative estimate of drug-likeness (QED) is 0.703. The van der Waals surface area contributed by atoms with Crippen LogP contribution in [0.2, 0.25) is 0 Å². The summed E-state index contributed by atoms with van der Waals surface area (Å²) in [6.07, 6.45) is 1.22. The Kier molecular flexibility index (Phi) is 4.52. The van der Waals surface area contributed by atoms with E-state index in [9.17, 15) is 8.42 Å². The van der Waals surface area contributed by atoms with E-state index < -0.39 is 9.84 Å². The fourth-order valence-corrected chi connectivity index (χ4v) is 3.61. The van der Waals surface area contributed by atoms with Gasteiger partial charge >= 0.3 is 0 Å². The molecule has 25 heavy (non-hydrogen) atoms. The van der Waals surface area contributed by atoms with E-state index in [1.165, 1.54) is 11.8 Å². The van der Waals surface area contributed by atoms with Gasteiger partial charge in [0, 0.05) is 29.6 Å². The minimum atomic E-state index is -3.20. The van der Waals surface area contributed by atoms with Crippen molar-refractivity contribution in [2.24, 2.45) is 0 Å². The molecule has 5 heteroatoms. The maximum Gasteiger partial charge on any atom is 0.175 e. The number of hydrogen-bond donors (Lipinski definition) is 0. The molecule has 3 rings (SSSR count). The number of aromatic nitrogens is 2. The van der Waals surface area contributed by atoms with Crippen molar-refractivity contribution in [2.45, 2.75) is 32.2 Å². The second kappa shape index (κ2) is 6.48. The van der Waals surface area contributed by atoms with Gasteiger partial charge in [0.15, 0.2) is 9.84 Å². The van der Waals surface area contributed by atoms with Crippen molar-refractivity contribution >= 4 is 9.84 Å². The first-order valence-electron chi connectivity index (χ1n) is 8.26. The lowest BCUT2D eigenvalue weighted by Crippen LogP contribution is -1.99. The van der Waals surface area contributed by atoms with Crippen LogP contribution in [-0.2, 0) is 16.4 Å². The lowest BCUT2D eigenvalue weighted by Gasteiger charge is -2.06. The number of rotatable bonds is 4. The van der Waals surface area contributed by atoms with Crippen molar-refractivity contribution in [3.63, 3.8) is 0 Å². The monoisotopic (exact) mass is 354 g/mol. The van der Waals surface area contributed by atoms with E-state index in [2.05, 4.69) is 45.0 Å². The molecule has 0 aliphatic heterocycles. The Balaban J connectivity index is 2.17. The zero-order chi connectivity index (χ0) is 18.2. The summed E-state index contributed by atoms with van der Waals surface area (Å²) >= 11 is 0. The molecule has 0 aliphatic rings. The SMILES string of the molecule is CCn1nc(-c2ccc(S(C)(=O)=O)cc2)c(-c2ccc(C)cc2)c1C. The summed E-state index contributed by atoms with van der Waals surface area (Å²) < 4.78 is 25.4. The zero-order valence-corrected chi connectivity index (χ0v) is 15.8. The van der Waals surface area contributed by atoms with Crippen molar-refractivity contribution in [1.82, 2.24) is 9.78 Å². The molecule has 4 nitrogen and oxygen atoms in total. The molecule has 0 spiro atoms. The van der Waals surface area contributed by atoms with E-state index in [0.717, 1.165) is 34.6 Å². The van der Waals surface area contributed by atoms with E-state index in [-0.39, 0.29) is 0 Å². The second-order valence-electron chi connectivity index (χ2n) is 6.29. The number of aryl methyl sites for hydroxylation is 2. The Morgan fingerprint density at radius 3 is 2.00 bits per heavy atom. The van der Waals surface area contributed by atoms with Crippen LogP contribution in [0.5, 0.6) is 0 Å². The third-order valence-electron chi connectivity index (χ3n) is 4.40. The molecule has 0 saturated heterocycles. The average Bonchev–Trinajstić information content (AvgIpc) is 2.91. The fourth-order valence-electron chi connectivity index (χ4n) is 2.98. The van der Waals surface area contributed by atoms with E-state index in [1.54, 1.807) is 12.1 Å². The average molecular weight is 354 g/mol. The van der Waals surface area contributed by atoms with Crippen LogP contribution in [0, 0.1) is 13.8 Å². The summed E-state index contributed by atoms with van der Waals surface area (Å²) in [7, 11) is -3.20. The summed E-state index contributed by atoms with van der Waals surface area (Å²) in [6.45, 7) is 6.98. The summed E-state index contributed by atoms with van der Waals surface area (Å²) in [4.78, 5) is 0.319. The van der Waals surface area contributed by atoms with Gasteiger partial charge in [-0.15, -0.1) is 0 Å². The minimum Gasteiger partial charge on any atom is -0.269 e. The van der Waals surface area contributed by atoms with Crippen molar-refractivity contribution in [1.29, 1.82) is 0 Å². The molecule has 0 N–H and O–H groups in total. The van der Waals surface area contributed by atoms with Crippen molar-refractivity contribution in [2.75, 3.05) is 6.26 Å². The maximum absolute atomic E-state index is 11.7. The normalized spacial score (nSPS) is 11.7. The number of sulfone groups is 1. The molecule has 0 bridgehead atoms. The van der Waals surface area contributed by atoms with Gasteiger partial charge in [-0.25, -0.2) is 8.42 Å². The molecule has 0 amide bonds. The predicted molar refractivity (Wildman–Crippen MR) is 101 cm³/mol. The lowest BCUT2D eigenvalue weighted by molar-refractivity contribution is 0.602. The van der Waals surface area contributed by atoms with Crippen LogP contribution in [0.3, 0.4) is 0 Å². The van der Waals surface area contributed by atoms with Gasteiger partial charge in [0.2, 0.25) is 0 Å². The molecule has 0 saturated carbocycles. The van der Waals surface area contributed by atoms with Crippen LogP contribution >= 0.6 is 0 Å². The van der Waals surface area contributed by atoms with Crippen LogP contribution in [-0.4, -0.2) is 24.5 Å². The summed E-state index contributed by atoms with van der Waals surface area (Å²) in [5, 5.41) is 4.76.